The molecule has 0 fully saturated rings. The van der Waals surface area contributed by atoms with E-state index in [0.29, 0.717) is 24.5 Å². The molecule has 1 N–H and O–H groups in total. The maximum absolute atomic E-state index is 14.3. The molecule has 10 heteroatoms. The highest BCUT2D eigenvalue weighted by Crippen LogP contribution is 2.34. The van der Waals surface area contributed by atoms with Crippen LogP contribution in [-0.2, 0) is 26.2 Å². The lowest BCUT2D eigenvalue weighted by molar-refractivity contribution is -0.140. The monoisotopic (exact) mass is 595 g/mol. The van der Waals surface area contributed by atoms with Gasteiger partial charge in [-0.1, -0.05) is 56.7 Å². The number of benzene rings is 3. The minimum absolute atomic E-state index is 0.0325. The molecule has 3 aromatic carbocycles. The number of amides is 2. The van der Waals surface area contributed by atoms with Crippen molar-refractivity contribution in [3.63, 3.8) is 0 Å². The molecular weight excluding hydrogens is 554 g/mol. The van der Waals surface area contributed by atoms with Crippen molar-refractivity contribution in [1.29, 1.82) is 0 Å². The van der Waals surface area contributed by atoms with Gasteiger partial charge in [-0.2, -0.15) is 0 Å². The van der Waals surface area contributed by atoms with Gasteiger partial charge in [-0.15, -0.1) is 0 Å². The van der Waals surface area contributed by atoms with Crippen LogP contribution in [0.3, 0.4) is 0 Å². The average molecular weight is 596 g/mol. The smallest absolute Gasteiger partial charge is 0.264 e. The van der Waals surface area contributed by atoms with Crippen LogP contribution in [0.2, 0.25) is 0 Å². The number of hydrogen-bond donors (Lipinski definition) is 1. The Kier molecular flexibility index (Phi) is 11.8. The summed E-state index contributed by atoms with van der Waals surface area (Å²) in [7, 11) is -1.19. The number of sulfonamides is 1. The van der Waals surface area contributed by atoms with Crippen molar-refractivity contribution in [2.45, 2.75) is 57.5 Å². The number of hydrogen-bond acceptors (Lipinski definition) is 6. The number of nitrogens with one attached hydrogen (secondary N) is 1. The van der Waals surface area contributed by atoms with Crippen LogP contribution in [0.5, 0.6) is 11.5 Å². The van der Waals surface area contributed by atoms with Crippen LogP contribution in [-0.4, -0.2) is 58.5 Å². The molecule has 0 aliphatic rings. The van der Waals surface area contributed by atoms with E-state index in [-0.39, 0.29) is 23.0 Å². The summed E-state index contributed by atoms with van der Waals surface area (Å²) >= 11 is 0. The Bertz CT molecular complexity index is 1450. The predicted molar refractivity (Wildman–Crippen MR) is 164 cm³/mol. The summed E-state index contributed by atoms with van der Waals surface area (Å²) in [5, 5.41) is 2.94. The van der Waals surface area contributed by atoms with Gasteiger partial charge in [0, 0.05) is 13.1 Å². The molecule has 0 unspecified atom stereocenters. The lowest BCUT2D eigenvalue weighted by Crippen LogP contribution is -2.52. The minimum Gasteiger partial charge on any atom is -0.497 e. The number of anilines is 1. The Hall–Kier alpha value is -4.05. The number of methoxy groups -OCH3 is 2. The van der Waals surface area contributed by atoms with Crippen molar-refractivity contribution >= 4 is 27.5 Å². The summed E-state index contributed by atoms with van der Waals surface area (Å²) in [5.74, 6) is 0.0981. The first kappa shape index (κ1) is 32.5. The SMILES string of the molecule is CCCCNC(=O)[C@@H](CC)N(Cc1cccc(OC)c1)C(=O)CN(c1cc(C)ccc1OC)S(=O)(=O)c1ccccc1. The molecule has 9 nitrogen and oxygen atoms in total. The number of carbonyl (C=O) groups is 2. The van der Waals surface area contributed by atoms with Crippen LogP contribution in [0.1, 0.15) is 44.2 Å². The Morgan fingerprint density at radius 2 is 1.67 bits per heavy atom. The zero-order chi connectivity index (χ0) is 30.7. The molecule has 0 bridgehead atoms. The van der Waals surface area contributed by atoms with E-state index in [1.54, 1.807) is 55.6 Å². The average Bonchev–Trinajstić information content (AvgIpc) is 3.00. The maximum atomic E-state index is 14.3. The normalized spacial score (nSPS) is 11.8. The summed E-state index contributed by atoms with van der Waals surface area (Å²) in [4.78, 5) is 29.1. The third kappa shape index (κ3) is 8.03. The first-order valence-electron chi connectivity index (χ1n) is 14.1. The molecule has 3 aromatic rings. The Labute approximate surface area is 249 Å². The summed E-state index contributed by atoms with van der Waals surface area (Å²) in [6.45, 7) is 5.73. The number of unbranched alkanes of at least 4 members (excludes halogenated alkanes) is 1. The van der Waals surface area contributed by atoms with E-state index in [0.717, 1.165) is 28.3 Å². The van der Waals surface area contributed by atoms with Gasteiger partial charge in [-0.3, -0.25) is 13.9 Å². The van der Waals surface area contributed by atoms with Crippen LogP contribution >= 0.6 is 0 Å². The van der Waals surface area contributed by atoms with Crippen LogP contribution in [0.4, 0.5) is 5.69 Å². The van der Waals surface area contributed by atoms with Gasteiger partial charge in [-0.05, 0) is 67.3 Å². The predicted octanol–water partition coefficient (Wildman–Crippen LogP) is 4.93. The zero-order valence-corrected chi connectivity index (χ0v) is 25.8. The summed E-state index contributed by atoms with van der Waals surface area (Å²) in [6.07, 6.45) is 2.06. The second-order valence-electron chi connectivity index (χ2n) is 9.94. The van der Waals surface area contributed by atoms with Crippen molar-refractivity contribution in [2.24, 2.45) is 0 Å². The van der Waals surface area contributed by atoms with Crippen LogP contribution in [0.15, 0.2) is 77.7 Å². The van der Waals surface area contributed by atoms with Crippen LogP contribution in [0.25, 0.3) is 0 Å². The Balaban J connectivity index is 2.10. The van der Waals surface area contributed by atoms with Gasteiger partial charge in [0.05, 0.1) is 24.8 Å². The summed E-state index contributed by atoms with van der Waals surface area (Å²) < 4.78 is 40.1. The van der Waals surface area contributed by atoms with Gasteiger partial charge >= 0.3 is 0 Å². The fourth-order valence-electron chi connectivity index (χ4n) is 4.62. The first-order valence-corrected chi connectivity index (χ1v) is 15.5. The molecule has 0 heterocycles. The standard InChI is InChI=1S/C32H41N3O6S/c1-6-8-19-33-32(37)28(7-2)34(22-25-13-12-14-26(21-25)40-4)31(36)23-35(29-20-24(3)17-18-30(29)41-5)42(38,39)27-15-10-9-11-16-27/h9-18,20-21,28H,6-8,19,22-23H2,1-5H3,(H,33,37)/t28-/m1/s1. The number of ether oxygens (including phenoxy) is 2. The summed E-state index contributed by atoms with van der Waals surface area (Å²) in [6, 6.07) is 19.5. The van der Waals surface area contributed by atoms with E-state index in [1.807, 2.05) is 32.9 Å². The van der Waals surface area contributed by atoms with Crippen molar-refractivity contribution in [3.05, 3.63) is 83.9 Å². The van der Waals surface area contributed by atoms with E-state index in [1.165, 1.54) is 24.1 Å². The van der Waals surface area contributed by atoms with Crippen molar-refractivity contribution in [2.75, 3.05) is 31.6 Å². The first-order chi connectivity index (χ1) is 20.2. The third-order valence-corrected chi connectivity index (χ3v) is 8.69. The lowest BCUT2D eigenvalue weighted by Gasteiger charge is -2.33. The second kappa shape index (κ2) is 15.3. The minimum atomic E-state index is -4.20. The van der Waals surface area contributed by atoms with Gasteiger partial charge in [-0.25, -0.2) is 8.42 Å². The fourth-order valence-corrected chi connectivity index (χ4v) is 6.06. The third-order valence-electron chi connectivity index (χ3n) is 6.92. The number of nitrogens with zero attached hydrogens (tertiary/aromatic N) is 2. The van der Waals surface area contributed by atoms with E-state index in [2.05, 4.69) is 5.32 Å². The number of aryl methyl sites for hydroxylation is 1. The molecular formula is C32H41N3O6S. The van der Waals surface area contributed by atoms with Crippen LogP contribution < -0.4 is 19.1 Å². The maximum Gasteiger partial charge on any atom is 0.264 e. The highest BCUT2D eigenvalue weighted by atomic mass is 32.2. The highest BCUT2D eigenvalue weighted by molar-refractivity contribution is 7.92. The quantitative estimate of drug-likeness (QED) is 0.250. The molecule has 42 heavy (non-hydrogen) atoms. The molecule has 0 aromatic heterocycles. The highest BCUT2D eigenvalue weighted by Gasteiger charge is 2.34. The van der Waals surface area contributed by atoms with Gasteiger partial charge in [0.1, 0.15) is 24.1 Å². The molecule has 0 saturated carbocycles. The van der Waals surface area contributed by atoms with E-state index < -0.39 is 28.5 Å². The molecule has 3 rings (SSSR count). The largest absolute Gasteiger partial charge is 0.497 e. The topological polar surface area (TPSA) is 105 Å². The molecule has 0 aliphatic heterocycles. The molecule has 0 aliphatic carbocycles. The van der Waals surface area contributed by atoms with Gasteiger partial charge in [0.2, 0.25) is 11.8 Å². The Morgan fingerprint density at radius 3 is 2.31 bits per heavy atom. The fraction of sp³-hybridized carbons (Fsp3) is 0.375. The van der Waals surface area contributed by atoms with Gasteiger partial charge in [0.25, 0.3) is 10.0 Å². The van der Waals surface area contributed by atoms with Gasteiger partial charge < -0.3 is 19.7 Å². The van der Waals surface area contributed by atoms with E-state index in [4.69, 9.17) is 9.47 Å². The van der Waals surface area contributed by atoms with E-state index in [9.17, 15) is 18.0 Å². The molecule has 0 saturated heterocycles. The number of carbonyl (C=O) groups excluding carboxylic acids is 2. The van der Waals surface area contributed by atoms with Crippen molar-refractivity contribution < 1.29 is 27.5 Å². The number of rotatable bonds is 15. The molecule has 226 valence electrons. The molecule has 1 atom stereocenters. The van der Waals surface area contributed by atoms with Crippen LogP contribution in [0, 0.1) is 6.92 Å². The van der Waals surface area contributed by atoms with Gasteiger partial charge in [0.15, 0.2) is 0 Å². The summed E-state index contributed by atoms with van der Waals surface area (Å²) in [5.41, 5.74) is 1.77. The lowest BCUT2D eigenvalue weighted by atomic mass is 10.1. The Morgan fingerprint density at radius 1 is 0.929 bits per heavy atom. The van der Waals surface area contributed by atoms with Crippen molar-refractivity contribution in [1.82, 2.24) is 10.2 Å². The second-order valence-corrected chi connectivity index (χ2v) is 11.8. The molecule has 0 radical (unpaired) electrons. The van der Waals surface area contributed by atoms with Crippen molar-refractivity contribution in [3.8, 4) is 11.5 Å². The van der Waals surface area contributed by atoms with E-state index >= 15 is 0 Å². The molecule has 0 spiro atoms. The molecule has 2 amide bonds. The zero-order valence-electron chi connectivity index (χ0n) is 25.0.